The van der Waals surface area contributed by atoms with Crippen molar-refractivity contribution in [2.24, 2.45) is 0 Å². The van der Waals surface area contributed by atoms with E-state index in [-0.39, 0.29) is 11.9 Å². The summed E-state index contributed by atoms with van der Waals surface area (Å²) >= 11 is 1.62. The number of fused-ring (bicyclic) bond motifs is 1. The van der Waals surface area contributed by atoms with Crippen LogP contribution in [0, 0.1) is 0 Å². The van der Waals surface area contributed by atoms with Crippen molar-refractivity contribution >= 4 is 22.4 Å². The fourth-order valence-corrected chi connectivity index (χ4v) is 3.47. The number of hydrogen-bond acceptors (Lipinski definition) is 4. The Balaban J connectivity index is 1.70. The lowest BCUT2D eigenvalue weighted by Crippen LogP contribution is -2.23. The number of thiazole rings is 1. The lowest BCUT2D eigenvalue weighted by molar-refractivity contribution is -0.119. The number of aryl methyl sites for hydroxylation is 2. The molecule has 0 aliphatic heterocycles. The van der Waals surface area contributed by atoms with Gasteiger partial charge in [-0.05, 0) is 38.7 Å². The van der Waals surface area contributed by atoms with E-state index in [4.69, 9.17) is 0 Å². The average molecular weight is 290 g/mol. The van der Waals surface area contributed by atoms with Crippen molar-refractivity contribution in [3.63, 3.8) is 0 Å². The van der Waals surface area contributed by atoms with Crippen LogP contribution in [0.15, 0.2) is 18.5 Å². The van der Waals surface area contributed by atoms with Crippen molar-refractivity contribution in [2.45, 2.75) is 45.1 Å². The van der Waals surface area contributed by atoms with E-state index in [9.17, 15) is 4.79 Å². The van der Waals surface area contributed by atoms with Gasteiger partial charge >= 0.3 is 0 Å². The van der Waals surface area contributed by atoms with Crippen molar-refractivity contribution in [2.75, 3.05) is 5.32 Å². The molecule has 0 radical (unpaired) electrons. The molecule has 0 aromatic carbocycles. The smallest absolute Gasteiger partial charge is 0.250 e. The van der Waals surface area contributed by atoms with Gasteiger partial charge in [-0.3, -0.25) is 9.48 Å². The molecule has 1 atom stereocenters. The van der Waals surface area contributed by atoms with Gasteiger partial charge in [0.2, 0.25) is 0 Å². The number of nitrogens with one attached hydrogen (secondary N) is 1. The number of nitrogens with zero attached hydrogens (tertiary/aromatic N) is 3. The van der Waals surface area contributed by atoms with E-state index in [1.807, 2.05) is 13.0 Å². The van der Waals surface area contributed by atoms with E-state index in [0.29, 0.717) is 0 Å². The van der Waals surface area contributed by atoms with Crippen LogP contribution in [-0.2, 0) is 17.6 Å². The molecule has 5 nitrogen and oxygen atoms in total. The van der Waals surface area contributed by atoms with E-state index >= 15 is 0 Å². The Morgan fingerprint density at radius 1 is 1.40 bits per heavy atom. The van der Waals surface area contributed by atoms with Crippen molar-refractivity contribution < 1.29 is 4.79 Å². The van der Waals surface area contributed by atoms with Gasteiger partial charge in [-0.15, -0.1) is 11.3 Å². The molecule has 0 bridgehead atoms. The fraction of sp³-hybridized carbons (Fsp3) is 0.500. The summed E-state index contributed by atoms with van der Waals surface area (Å²) in [5.41, 5.74) is 1.18. The zero-order valence-electron chi connectivity index (χ0n) is 11.5. The van der Waals surface area contributed by atoms with E-state index in [1.54, 1.807) is 28.4 Å². The van der Waals surface area contributed by atoms with Crippen molar-refractivity contribution in [1.29, 1.82) is 0 Å². The summed E-state index contributed by atoms with van der Waals surface area (Å²) in [6.07, 6.45) is 9.31. The molecule has 1 aliphatic rings. The molecule has 0 saturated carbocycles. The quantitative estimate of drug-likeness (QED) is 0.884. The van der Waals surface area contributed by atoms with Gasteiger partial charge in [0.1, 0.15) is 6.04 Å². The molecule has 1 amide bonds. The van der Waals surface area contributed by atoms with Crippen molar-refractivity contribution in [1.82, 2.24) is 14.8 Å². The van der Waals surface area contributed by atoms with E-state index in [2.05, 4.69) is 15.4 Å². The highest BCUT2D eigenvalue weighted by Gasteiger charge is 2.19. The van der Waals surface area contributed by atoms with E-state index in [1.165, 1.54) is 29.8 Å². The molecule has 3 rings (SSSR count). The maximum Gasteiger partial charge on any atom is 0.250 e. The fourth-order valence-electron chi connectivity index (χ4n) is 2.42. The third-order valence-electron chi connectivity index (χ3n) is 3.63. The lowest BCUT2D eigenvalue weighted by atomic mass is 10.2. The molecule has 1 N–H and O–H groups in total. The summed E-state index contributed by atoms with van der Waals surface area (Å²) in [6.45, 7) is 1.83. The first-order chi connectivity index (χ1) is 9.74. The number of hydrogen-bond donors (Lipinski definition) is 1. The van der Waals surface area contributed by atoms with Crippen LogP contribution in [0.4, 0.5) is 5.13 Å². The summed E-state index contributed by atoms with van der Waals surface area (Å²) in [5, 5.41) is 7.73. The Morgan fingerprint density at radius 3 is 3.05 bits per heavy atom. The summed E-state index contributed by atoms with van der Waals surface area (Å²) in [5.74, 6) is -0.0717. The van der Waals surface area contributed by atoms with Crippen molar-refractivity contribution in [3.8, 4) is 0 Å². The Morgan fingerprint density at radius 2 is 2.25 bits per heavy atom. The molecule has 2 aromatic rings. The topological polar surface area (TPSA) is 59.8 Å². The second-order valence-electron chi connectivity index (χ2n) is 5.10. The molecular weight excluding hydrogens is 272 g/mol. The first-order valence-corrected chi connectivity index (χ1v) is 7.84. The number of carbonyl (C=O) groups is 1. The molecule has 2 aromatic heterocycles. The van der Waals surface area contributed by atoms with E-state index in [0.717, 1.165) is 18.0 Å². The molecule has 1 aliphatic carbocycles. The predicted octanol–water partition coefficient (Wildman–Crippen LogP) is 2.81. The maximum absolute atomic E-state index is 12.2. The van der Waals surface area contributed by atoms with Gasteiger partial charge in [0, 0.05) is 17.3 Å². The Labute approximate surface area is 122 Å². The van der Waals surface area contributed by atoms with Crippen LogP contribution < -0.4 is 5.32 Å². The van der Waals surface area contributed by atoms with Crippen LogP contribution in [0.5, 0.6) is 0 Å². The van der Waals surface area contributed by atoms with Crippen LogP contribution >= 0.6 is 11.3 Å². The minimum absolute atomic E-state index is 0.0717. The minimum atomic E-state index is -0.325. The largest absolute Gasteiger partial charge is 0.300 e. The molecule has 106 valence electrons. The van der Waals surface area contributed by atoms with Crippen molar-refractivity contribution in [3.05, 3.63) is 29.0 Å². The Kier molecular flexibility index (Phi) is 3.82. The number of amides is 1. The number of anilines is 1. The summed E-state index contributed by atoms with van der Waals surface area (Å²) in [4.78, 5) is 18.1. The molecule has 2 heterocycles. The first-order valence-electron chi connectivity index (χ1n) is 7.02. The zero-order chi connectivity index (χ0) is 13.9. The van der Waals surface area contributed by atoms with Crippen LogP contribution in [0.3, 0.4) is 0 Å². The first kappa shape index (κ1) is 13.3. The second kappa shape index (κ2) is 5.75. The minimum Gasteiger partial charge on any atom is -0.300 e. The van der Waals surface area contributed by atoms with Crippen LogP contribution in [0.2, 0.25) is 0 Å². The third-order valence-corrected chi connectivity index (χ3v) is 4.70. The highest BCUT2D eigenvalue weighted by Crippen LogP contribution is 2.29. The lowest BCUT2D eigenvalue weighted by Gasteiger charge is -2.10. The number of aromatic nitrogens is 3. The normalized spacial score (nSPS) is 16.2. The molecule has 0 spiro atoms. The van der Waals surface area contributed by atoms with Gasteiger partial charge in [0.15, 0.2) is 5.13 Å². The molecule has 6 heteroatoms. The maximum atomic E-state index is 12.2. The Hall–Kier alpha value is -1.69. The standard InChI is InChI=1S/C14H18N4OS/c1-10(18-9-5-8-15-18)13(19)17-14-16-11-6-3-2-4-7-12(11)20-14/h5,8-10H,2-4,6-7H2,1H3,(H,16,17,19). The van der Waals surface area contributed by atoms with Crippen LogP contribution in [0.1, 0.15) is 42.8 Å². The van der Waals surface area contributed by atoms with Gasteiger partial charge in [-0.1, -0.05) is 6.42 Å². The van der Waals surface area contributed by atoms with Gasteiger partial charge in [0.05, 0.1) is 5.69 Å². The predicted molar refractivity (Wildman–Crippen MR) is 78.9 cm³/mol. The number of rotatable bonds is 3. The molecular formula is C14H18N4OS. The molecule has 0 fully saturated rings. The average Bonchev–Trinajstić information content (AvgIpc) is 3.04. The zero-order valence-corrected chi connectivity index (χ0v) is 12.3. The van der Waals surface area contributed by atoms with Gasteiger partial charge in [-0.25, -0.2) is 4.98 Å². The molecule has 20 heavy (non-hydrogen) atoms. The molecule has 1 unspecified atom stereocenters. The summed E-state index contributed by atoms with van der Waals surface area (Å²) < 4.78 is 1.65. The van der Waals surface area contributed by atoms with Gasteiger partial charge in [-0.2, -0.15) is 5.10 Å². The highest BCUT2D eigenvalue weighted by molar-refractivity contribution is 7.15. The highest BCUT2D eigenvalue weighted by atomic mass is 32.1. The molecule has 0 saturated heterocycles. The SMILES string of the molecule is CC(C(=O)Nc1nc2c(s1)CCCCC2)n1cccn1. The Bertz CT molecular complexity index is 567. The number of carbonyl (C=O) groups excluding carboxylic acids is 1. The monoisotopic (exact) mass is 290 g/mol. The van der Waals surface area contributed by atoms with Gasteiger partial charge in [0.25, 0.3) is 5.91 Å². The second-order valence-corrected chi connectivity index (χ2v) is 6.18. The third kappa shape index (κ3) is 2.75. The summed E-state index contributed by atoms with van der Waals surface area (Å²) in [7, 11) is 0. The summed E-state index contributed by atoms with van der Waals surface area (Å²) in [6, 6.07) is 1.49. The van der Waals surface area contributed by atoms with Crippen LogP contribution in [-0.4, -0.2) is 20.7 Å². The van der Waals surface area contributed by atoms with Gasteiger partial charge < -0.3 is 5.32 Å². The van der Waals surface area contributed by atoms with Crippen LogP contribution in [0.25, 0.3) is 0 Å². The van der Waals surface area contributed by atoms with E-state index < -0.39 is 0 Å².